The maximum Gasteiger partial charge on any atom is 0.251 e. The van der Waals surface area contributed by atoms with Gasteiger partial charge in [-0.1, -0.05) is 6.07 Å². The summed E-state index contributed by atoms with van der Waals surface area (Å²) in [5, 5.41) is 4.80. The number of aromatic nitrogens is 1. The topological polar surface area (TPSA) is 42.0 Å². The second-order valence-electron chi connectivity index (χ2n) is 5.89. The Morgan fingerprint density at radius 1 is 1.18 bits per heavy atom. The van der Waals surface area contributed by atoms with E-state index in [4.69, 9.17) is 0 Å². The molecule has 2 aromatic rings. The molecule has 1 atom stereocenters. The molecular weight excluding hydrogens is 286 g/mol. The van der Waals surface area contributed by atoms with Crippen molar-refractivity contribution in [2.45, 2.75) is 44.1 Å². The molecule has 0 saturated heterocycles. The molecule has 0 bridgehead atoms. The molecule has 1 aliphatic carbocycles. The fraction of sp³-hybridized carbons (Fsp3) is 0.412. The van der Waals surface area contributed by atoms with Gasteiger partial charge in [-0.3, -0.25) is 9.78 Å². The zero-order valence-electron chi connectivity index (χ0n) is 12.2. The van der Waals surface area contributed by atoms with Crippen molar-refractivity contribution >= 4 is 16.7 Å². The van der Waals surface area contributed by atoms with Crippen LogP contribution in [0, 0.1) is 0 Å². The molecule has 1 N–H and O–H groups in total. The van der Waals surface area contributed by atoms with Gasteiger partial charge in [0.15, 0.2) is 0 Å². The summed E-state index contributed by atoms with van der Waals surface area (Å²) in [5.41, 5.74) is 0.551. The Labute approximate surface area is 127 Å². The average Bonchev–Trinajstić information content (AvgIpc) is 2.68. The van der Waals surface area contributed by atoms with Crippen molar-refractivity contribution in [2.75, 3.05) is 0 Å². The van der Waals surface area contributed by atoms with Crippen molar-refractivity contribution in [3.63, 3.8) is 0 Å². The minimum atomic E-state index is -2.59. The fourth-order valence-corrected chi connectivity index (χ4v) is 2.90. The van der Waals surface area contributed by atoms with Crippen LogP contribution in [-0.4, -0.2) is 22.9 Å². The van der Waals surface area contributed by atoms with Crippen molar-refractivity contribution in [1.29, 1.82) is 0 Å². The van der Waals surface area contributed by atoms with E-state index in [0.717, 1.165) is 10.8 Å². The van der Waals surface area contributed by atoms with E-state index in [2.05, 4.69) is 10.3 Å². The van der Waals surface area contributed by atoms with Crippen LogP contribution in [0.4, 0.5) is 8.78 Å². The van der Waals surface area contributed by atoms with Crippen molar-refractivity contribution in [3.05, 3.63) is 42.2 Å². The van der Waals surface area contributed by atoms with Crippen LogP contribution in [0.3, 0.4) is 0 Å². The van der Waals surface area contributed by atoms with E-state index >= 15 is 0 Å². The molecule has 1 aromatic heterocycles. The number of carbonyl (C=O) groups is 1. The number of carbonyl (C=O) groups excluding carboxylic acids is 1. The van der Waals surface area contributed by atoms with Crippen LogP contribution in [0.1, 0.15) is 42.5 Å². The number of amides is 1. The van der Waals surface area contributed by atoms with Crippen LogP contribution in [0.2, 0.25) is 0 Å². The summed E-state index contributed by atoms with van der Waals surface area (Å²) in [5.74, 6) is -2.79. The first-order chi connectivity index (χ1) is 10.5. The van der Waals surface area contributed by atoms with Gasteiger partial charge in [0, 0.05) is 42.2 Å². The quantitative estimate of drug-likeness (QED) is 0.854. The Hall–Kier alpha value is -2.04. The third-order valence-corrected chi connectivity index (χ3v) is 4.19. The summed E-state index contributed by atoms with van der Waals surface area (Å²) < 4.78 is 26.7. The summed E-state index contributed by atoms with van der Waals surface area (Å²) in [6.07, 6.45) is 4.57. The normalized spacial score (nSPS) is 21.3. The molecule has 0 radical (unpaired) electrons. The molecule has 1 unspecified atom stereocenters. The van der Waals surface area contributed by atoms with E-state index in [0.29, 0.717) is 24.8 Å². The second-order valence-corrected chi connectivity index (χ2v) is 5.89. The van der Waals surface area contributed by atoms with E-state index in [9.17, 15) is 13.6 Å². The third kappa shape index (κ3) is 3.40. The lowest BCUT2D eigenvalue weighted by atomic mass is 10.1. The average molecular weight is 304 g/mol. The number of hydrogen-bond acceptors (Lipinski definition) is 2. The minimum absolute atomic E-state index is 0.0810. The lowest BCUT2D eigenvalue weighted by Gasteiger charge is -2.17. The maximum absolute atomic E-state index is 13.4. The van der Waals surface area contributed by atoms with Crippen LogP contribution in [0.5, 0.6) is 0 Å². The van der Waals surface area contributed by atoms with Crippen LogP contribution >= 0.6 is 0 Å². The molecule has 22 heavy (non-hydrogen) atoms. The Balaban J connectivity index is 1.70. The number of pyridine rings is 1. The first-order valence-corrected chi connectivity index (χ1v) is 7.56. The molecule has 1 amide bonds. The van der Waals surface area contributed by atoms with Gasteiger partial charge in [0.05, 0.1) is 0 Å². The van der Waals surface area contributed by atoms with Crippen molar-refractivity contribution in [2.24, 2.45) is 0 Å². The highest BCUT2D eigenvalue weighted by molar-refractivity contribution is 5.98. The number of benzene rings is 1. The predicted molar refractivity (Wildman–Crippen MR) is 81.0 cm³/mol. The fourth-order valence-electron chi connectivity index (χ4n) is 2.90. The van der Waals surface area contributed by atoms with Gasteiger partial charge in [-0.15, -0.1) is 0 Å². The van der Waals surface area contributed by atoms with Gasteiger partial charge in [0.2, 0.25) is 5.92 Å². The molecule has 116 valence electrons. The molecule has 3 rings (SSSR count). The number of nitrogens with zero attached hydrogens (tertiary/aromatic N) is 1. The molecule has 0 aliphatic heterocycles. The van der Waals surface area contributed by atoms with Crippen molar-refractivity contribution in [1.82, 2.24) is 10.3 Å². The molecule has 1 aliphatic rings. The highest BCUT2D eigenvalue weighted by atomic mass is 19.3. The van der Waals surface area contributed by atoms with Crippen molar-refractivity contribution in [3.8, 4) is 0 Å². The molecule has 1 aromatic carbocycles. The maximum atomic E-state index is 13.4. The third-order valence-electron chi connectivity index (χ3n) is 4.19. The molecule has 5 heteroatoms. The van der Waals surface area contributed by atoms with Gasteiger partial charge in [0.1, 0.15) is 0 Å². The number of rotatable bonds is 2. The largest absolute Gasteiger partial charge is 0.349 e. The van der Waals surface area contributed by atoms with Crippen LogP contribution in [0.25, 0.3) is 10.8 Å². The zero-order valence-corrected chi connectivity index (χ0v) is 12.2. The molecule has 0 spiro atoms. The molecular formula is C17H18F2N2O. The summed E-state index contributed by atoms with van der Waals surface area (Å²) in [6, 6.07) is 7.06. The molecule has 1 heterocycles. The van der Waals surface area contributed by atoms with E-state index in [1.54, 1.807) is 24.5 Å². The number of hydrogen-bond donors (Lipinski definition) is 1. The summed E-state index contributed by atoms with van der Waals surface area (Å²) in [6.45, 7) is 0. The summed E-state index contributed by atoms with van der Waals surface area (Å²) in [4.78, 5) is 16.3. The Morgan fingerprint density at radius 3 is 2.91 bits per heavy atom. The van der Waals surface area contributed by atoms with Crippen LogP contribution in [0.15, 0.2) is 36.7 Å². The Kier molecular flexibility index (Phi) is 4.05. The van der Waals surface area contributed by atoms with Gasteiger partial charge in [0.25, 0.3) is 5.91 Å². The van der Waals surface area contributed by atoms with Crippen LogP contribution < -0.4 is 5.32 Å². The van der Waals surface area contributed by atoms with Crippen molar-refractivity contribution < 1.29 is 13.6 Å². The smallest absolute Gasteiger partial charge is 0.251 e. The second kappa shape index (κ2) is 5.99. The van der Waals surface area contributed by atoms with Gasteiger partial charge < -0.3 is 5.32 Å². The minimum Gasteiger partial charge on any atom is -0.349 e. The van der Waals surface area contributed by atoms with Gasteiger partial charge in [-0.25, -0.2) is 8.78 Å². The predicted octanol–water partition coefficient (Wildman–Crippen LogP) is 3.93. The van der Waals surface area contributed by atoms with Gasteiger partial charge in [-0.2, -0.15) is 0 Å². The molecule has 3 nitrogen and oxygen atoms in total. The number of fused-ring (bicyclic) bond motifs is 1. The van der Waals surface area contributed by atoms with E-state index in [1.807, 2.05) is 12.1 Å². The molecule has 1 fully saturated rings. The molecule has 1 saturated carbocycles. The SMILES string of the molecule is O=C(NC1CCCC(F)(F)CC1)c1ccc2cnccc2c1. The van der Waals surface area contributed by atoms with E-state index in [1.165, 1.54) is 0 Å². The summed E-state index contributed by atoms with van der Waals surface area (Å²) >= 11 is 0. The monoisotopic (exact) mass is 304 g/mol. The standard InChI is InChI=1S/C17H18F2N2O/c18-17(19)7-1-2-15(5-8-17)21-16(22)13-3-4-14-11-20-9-6-12(14)10-13/h3-4,6,9-11,15H,1-2,5,7-8H2,(H,21,22). The zero-order chi connectivity index (χ0) is 15.6. The number of halogens is 2. The number of alkyl halides is 2. The van der Waals surface area contributed by atoms with E-state index < -0.39 is 5.92 Å². The number of nitrogens with one attached hydrogen (secondary N) is 1. The Bertz CT molecular complexity index is 687. The lowest BCUT2D eigenvalue weighted by Crippen LogP contribution is -2.34. The highest BCUT2D eigenvalue weighted by Crippen LogP contribution is 2.31. The first-order valence-electron chi connectivity index (χ1n) is 7.56. The van der Waals surface area contributed by atoms with Crippen LogP contribution in [-0.2, 0) is 0 Å². The Morgan fingerprint density at radius 2 is 2.05 bits per heavy atom. The first kappa shape index (κ1) is 14.9. The van der Waals surface area contributed by atoms with Gasteiger partial charge in [-0.05, 0) is 42.8 Å². The van der Waals surface area contributed by atoms with Gasteiger partial charge >= 0.3 is 0 Å². The lowest BCUT2D eigenvalue weighted by molar-refractivity contribution is -0.0143. The van der Waals surface area contributed by atoms with E-state index in [-0.39, 0.29) is 24.8 Å². The summed E-state index contributed by atoms with van der Waals surface area (Å²) in [7, 11) is 0. The highest BCUT2D eigenvalue weighted by Gasteiger charge is 2.32.